The molecule has 0 bridgehead atoms. The molecule has 0 spiro atoms. The van der Waals surface area contributed by atoms with Gasteiger partial charge in [0.15, 0.2) is 0 Å². The molecule has 1 amide bonds. The zero-order valence-corrected chi connectivity index (χ0v) is 12.2. The molecule has 0 unspecified atom stereocenters. The first-order valence-electron chi connectivity index (χ1n) is 6.11. The Morgan fingerprint density at radius 3 is 2.65 bits per heavy atom. The van der Waals surface area contributed by atoms with Gasteiger partial charge in [-0.2, -0.15) is 0 Å². The van der Waals surface area contributed by atoms with Gasteiger partial charge in [-0.15, -0.1) is 10.2 Å². The monoisotopic (exact) mass is 292 g/mol. The summed E-state index contributed by atoms with van der Waals surface area (Å²) >= 11 is 1.19. The van der Waals surface area contributed by atoms with E-state index in [2.05, 4.69) is 15.5 Å². The maximum atomic E-state index is 11.9. The number of thioether (sulfide) groups is 1. The van der Waals surface area contributed by atoms with Crippen molar-refractivity contribution in [1.82, 2.24) is 10.2 Å². The van der Waals surface area contributed by atoms with Crippen molar-refractivity contribution in [3.05, 3.63) is 35.2 Å². The van der Waals surface area contributed by atoms with E-state index in [1.165, 1.54) is 11.8 Å². The average molecular weight is 292 g/mol. The van der Waals surface area contributed by atoms with Crippen LogP contribution in [0.3, 0.4) is 0 Å². The number of rotatable bonds is 5. The van der Waals surface area contributed by atoms with Crippen LogP contribution in [-0.2, 0) is 11.3 Å². The summed E-state index contributed by atoms with van der Waals surface area (Å²) in [5, 5.41) is 10.8. The van der Waals surface area contributed by atoms with Crippen LogP contribution in [-0.4, -0.2) is 21.9 Å². The van der Waals surface area contributed by atoms with Gasteiger partial charge < -0.3 is 15.5 Å². The molecule has 0 aliphatic carbocycles. The second kappa shape index (κ2) is 6.53. The van der Waals surface area contributed by atoms with Crippen LogP contribution in [0.2, 0.25) is 0 Å². The molecule has 106 valence electrons. The first kappa shape index (κ1) is 14.5. The summed E-state index contributed by atoms with van der Waals surface area (Å²) in [7, 11) is 0. The minimum absolute atomic E-state index is 0.111. The second-order valence-corrected chi connectivity index (χ2v) is 5.20. The number of aromatic nitrogens is 2. The highest BCUT2D eigenvalue weighted by Crippen LogP contribution is 2.21. The van der Waals surface area contributed by atoms with E-state index in [0.717, 1.165) is 16.8 Å². The van der Waals surface area contributed by atoms with Gasteiger partial charge in [0.2, 0.25) is 11.8 Å². The van der Waals surface area contributed by atoms with Crippen molar-refractivity contribution < 1.29 is 9.21 Å². The molecule has 0 saturated heterocycles. The third-order valence-corrected chi connectivity index (χ3v) is 3.51. The number of carbonyl (C=O) groups excluding carboxylic acids is 1. The van der Waals surface area contributed by atoms with Crippen LogP contribution in [0.25, 0.3) is 0 Å². The van der Waals surface area contributed by atoms with Gasteiger partial charge in [0.1, 0.15) is 0 Å². The van der Waals surface area contributed by atoms with Gasteiger partial charge in [-0.1, -0.05) is 30.0 Å². The quantitative estimate of drug-likeness (QED) is 0.817. The molecule has 0 radical (unpaired) electrons. The number of amides is 1. The Labute approximate surface area is 121 Å². The fraction of sp³-hybridized carbons (Fsp3) is 0.308. The van der Waals surface area contributed by atoms with Crippen LogP contribution in [0.15, 0.2) is 27.8 Å². The van der Waals surface area contributed by atoms with Crippen molar-refractivity contribution in [2.45, 2.75) is 25.6 Å². The van der Waals surface area contributed by atoms with E-state index in [0.29, 0.717) is 11.1 Å². The Morgan fingerprint density at radius 1 is 1.35 bits per heavy atom. The van der Waals surface area contributed by atoms with Crippen molar-refractivity contribution in [2.24, 2.45) is 5.73 Å². The summed E-state index contributed by atoms with van der Waals surface area (Å²) in [5.74, 6) is 0.461. The van der Waals surface area contributed by atoms with Gasteiger partial charge in [0.25, 0.3) is 5.22 Å². The summed E-state index contributed by atoms with van der Waals surface area (Å²) in [4.78, 5) is 11.9. The van der Waals surface area contributed by atoms with Gasteiger partial charge in [0, 0.05) is 5.69 Å². The highest BCUT2D eigenvalue weighted by Gasteiger charge is 2.11. The molecule has 0 fully saturated rings. The predicted octanol–water partition coefficient (Wildman–Crippen LogP) is 1.88. The molecule has 6 nitrogen and oxygen atoms in total. The lowest BCUT2D eigenvalue weighted by Gasteiger charge is -2.10. The second-order valence-electron chi connectivity index (χ2n) is 4.27. The average Bonchev–Trinajstić information content (AvgIpc) is 2.89. The Morgan fingerprint density at radius 2 is 2.05 bits per heavy atom. The third kappa shape index (κ3) is 3.58. The van der Waals surface area contributed by atoms with Gasteiger partial charge >= 0.3 is 0 Å². The fourth-order valence-corrected chi connectivity index (χ4v) is 2.27. The van der Waals surface area contributed by atoms with E-state index < -0.39 is 0 Å². The molecule has 1 heterocycles. The zero-order valence-electron chi connectivity index (χ0n) is 11.3. The molecule has 2 aromatic rings. The molecule has 2 rings (SSSR count). The maximum Gasteiger partial charge on any atom is 0.277 e. The first-order valence-corrected chi connectivity index (χ1v) is 7.10. The minimum atomic E-state index is -0.111. The summed E-state index contributed by atoms with van der Waals surface area (Å²) in [5.41, 5.74) is 8.29. The Kier molecular flexibility index (Phi) is 4.75. The van der Waals surface area contributed by atoms with E-state index in [4.69, 9.17) is 10.2 Å². The topological polar surface area (TPSA) is 94.0 Å². The Balaban J connectivity index is 1.92. The summed E-state index contributed by atoms with van der Waals surface area (Å²) in [6, 6.07) is 5.88. The van der Waals surface area contributed by atoms with E-state index >= 15 is 0 Å². The summed E-state index contributed by atoms with van der Waals surface area (Å²) in [6.45, 7) is 4.12. The molecular formula is C13H16N4O2S. The van der Waals surface area contributed by atoms with E-state index in [9.17, 15) is 4.79 Å². The smallest absolute Gasteiger partial charge is 0.277 e. The minimum Gasteiger partial charge on any atom is -0.415 e. The molecule has 0 aliphatic rings. The SMILES string of the molecule is Cc1cccc(C)c1NC(=O)CSc1nnc(CN)o1. The number of nitrogens with one attached hydrogen (secondary N) is 1. The summed E-state index contributed by atoms with van der Waals surface area (Å²) in [6.07, 6.45) is 0. The zero-order chi connectivity index (χ0) is 14.5. The van der Waals surface area contributed by atoms with Crippen LogP contribution in [0.1, 0.15) is 17.0 Å². The molecule has 1 aromatic heterocycles. The van der Waals surface area contributed by atoms with Crippen LogP contribution in [0.4, 0.5) is 5.69 Å². The fourth-order valence-electron chi connectivity index (χ4n) is 1.69. The van der Waals surface area contributed by atoms with Crippen LogP contribution in [0.5, 0.6) is 0 Å². The predicted molar refractivity (Wildman–Crippen MR) is 77.5 cm³/mol. The lowest BCUT2D eigenvalue weighted by Crippen LogP contribution is -2.15. The molecular weight excluding hydrogens is 276 g/mol. The number of aryl methyl sites for hydroxylation is 2. The molecule has 0 saturated carbocycles. The maximum absolute atomic E-state index is 11.9. The van der Waals surface area contributed by atoms with Crippen molar-refractivity contribution in [3.63, 3.8) is 0 Å². The normalized spacial score (nSPS) is 10.6. The van der Waals surface area contributed by atoms with Crippen molar-refractivity contribution in [2.75, 3.05) is 11.1 Å². The van der Waals surface area contributed by atoms with Crippen molar-refractivity contribution >= 4 is 23.4 Å². The third-order valence-electron chi connectivity index (χ3n) is 2.70. The first-order chi connectivity index (χ1) is 9.60. The number of nitrogens with two attached hydrogens (primary N) is 1. The number of para-hydroxylation sites is 1. The van der Waals surface area contributed by atoms with Crippen LogP contribution in [0, 0.1) is 13.8 Å². The molecule has 7 heteroatoms. The van der Waals surface area contributed by atoms with Crippen LogP contribution < -0.4 is 11.1 Å². The van der Waals surface area contributed by atoms with Gasteiger partial charge in [-0.25, -0.2) is 0 Å². The number of anilines is 1. The highest BCUT2D eigenvalue weighted by atomic mass is 32.2. The van der Waals surface area contributed by atoms with Gasteiger partial charge in [0.05, 0.1) is 12.3 Å². The molecule has 1 aromatic carbocycles. The Hall–Kier alpha value is -1.86. The molecule has 0 atom stereocenters. The van der Waals surface area contributed by atoms with Crippen molar-refractivity contribution in [3.8, 4) is 0 Å². The molecule has 20 heavy (non-hydrogen) atoms. The number of benzene rings is 1. The number of carbonyl (C=O) groups is 1. The van der Waals surface area contributed by atoms with Gasteiger partial charge in [-0.05, 0) is 25.0 Å². The Bertz CT molecular complexity index is 592. The number of nitrogens with zero attached hydrogens (tertiary/aromatic N) is 2. The largest absolute Gasteiger partial charge is 0.415 e. The lowest BCUT2D eigenvalue weighted by molar-refractivity contribution is -0.113. The molecule has 0 aliphatic heterocycles. The lowest BCUT2D eigenvalue weighted by atomic mass is 10.1. The number of hydrogen-bond donors (Lipinski definition) is 2. The molecule has 3 N–H and O–H groups in total. The van der Waals surface area contributed by atoms with E-state index in [1.807, 2.05) is 32.0 Å². The van der Waals surface area contributed by atoms with E-state index in [1.54, 1.807) is 0 Å². The highest BCUT2D eigenvalue weighted by molar-refractivity contribution is 7.99. The van der Waals surface area contributed by atoms with Crippen molar-refractivity contribution in [1.29, 1.82) is 0 Å². The van der Waals surface area contributed by atoms with E-state index in [-0.39, 0.29) is 18.2 Å². The standard InChI is InChI=1S/C13H16N4O2S/c1-8-4-3-5-9(2)12(8)15-10(18)7-20-13-17-16-11(6-14)19-13/h3-5H,6-7,14H2,1-2H3,(H,15,18). The van der Waals surface area contributed by atoms with Crippen LogP contribution >= 0.6 is 11.8 Å². The summed E-state index contributed by atoms with van der Waals surface area (Å²) < 4.78 is 5.22. The number of hydrogen-bond acceptors (Lipinski definition) is 6. The van der Waals surface area contributed by atoms with Gasteiger partial charge in [-0.3, -0.25) is 4.79 Å².